The van der Waals surface area contributed by atoms with Crippen molar-refractivity contribution in [3.8, 4) is 5.75 Å². The van der Waals surface area contributed by atoms with Crippen LogP contribution < -0.4 is 4.74 Å². The second kappa shape index (κ2) is 9.59. The van der Waals surface area contributed by atoms with E-state index in [9.17, 15) is 5.11 Å². The third-order valence-corrected chi connectivity index (χ3v) is 3.26. The summed E-state index contributed by atoms with van der Waals surface area (Å²) >= 11 is 0. The van der Waals surface area contributed by atoms with Crippen molar-refractivity contribution in [1.82, 2.24) is 4.90 Å². The highest BCUT2D eigenvalue weighted by atomic mass is 16.5. The number of aliphatic hydroxyl groups excluding tert-OH is 1. The van der Waals surface area contributed by atoms with E-state index in [2.05, 4.69) is 25.3 Å². The van der Waals surface area contributed by atoms with E-state index in [0.717, 1.165) is 42.8 Å². The molecule has 0 radical (unpaired) electrons. The number of ether oxygens (including phenoxy) is 1. The molecule has 0 bridgehead atoms. The van der Waals surface area contributed by atoms with E-state index in [0.29, 0.717) is 13.2 Å². The normalized spacial score (nSPS) is 12.4. The van der Waals surface area contributed by atoms with Gasteiger partial charge in [-0.25, -0.2) is 0 Å². The molecular formula is C18H29NO2. The van der Waals surface area contributed by atoms with Crippen molar-refractivity contribution in [1.29, 1.82) is 0 Å². The zero-order chi connectivity index (χ0) is 15.7. The summed E-state index contributed by atoms with van der Waals surface area (Å²) in [7, 11) is 0. The average molecular weight is 291 g/mol. The van der Waals surface area contributed by atoms with Crippen molar-refractivity contribution in [2.75, 3.05) is 26.2 Å². The highest BCUT2D eigenvalue weighted by molar-refractivity contribution is 5.29. The van der Waals surface area contributed by atoms with Crippen LogP contribution in [0, 0.1) is 0 Å². The molecule has 21 heavy (non-hydrogen) atoms. The lowest BCUT2D eigenvalue weighted by Crippen LogP contribution is -2.30. The number of aliphatic hydroxyl groups is 1. The predicted octanol–water partition coefficient (Wildman–Crippen LogP) is 3.80. The monoisotopic (exact) mass is 291 g/mol. The van der Waals surface area contributed by atoms with Crippen LogP contribution in [-0.4, -0.2) is 36.2 Å². The average Bonchev–Trinajstić information content (AvgIpc) is 2.46. The van der Waals surface area contributed by atoms with Crippen molar-refractivity contribution >= 4 is 0 Å². The van der Waals surface area contributed by atoms with Crippen molar-refractivity contribution in [2.24, 2.45) is 0 Å². The van der Waals surface area contributed by atoms with E-state index in [1.54, 1.807) is 0 Å². The molecule has 0 amide bonds. The standard InChI is InChI=1S/C18H29NO2/c1-5-11-19(12-6-2)13-18(20)16-7-9-17(10-8-16)21-14-15(3)4/h7-10,18,20H,3,5-6,11-14H2,1-2,4H3. The molecule has 118 valence electrons. The molecule has 0 aromatic heterocycles. The molecule has 0 aliphatic heterocycles. The minimum atomic E-state index is -0.446. The second-order valence-corrected chi connectivity index (χ2v) is 5.63. The van der Waals surface area contributed by atoms with Crippen LogP contribution in [-0.2, 0) is 0 Å². The summed E-state index contributed by atoms with van der Waals surface area (Å²) in [6, 6.07) is 7.69. The van der Waals surface area contributed by atoms with Gasteiger partial charge in [-0.2, -0.15) is 0 Å². The molecule has 1 unspecified atom stereocenters. The molecule has 1 atom stereocenters. The molecular weight excluding hydrogens is 262 g/mol. The van der Waals surface area contributed by atoms with Crippen molar-refractivity contribution < 1.29 is 9.84 Å². The molecule has 3 nitrogen and oxygen atoms in total. The summed E-state index contributed by atoms with van der Waals surface area (Å²) < 4.78 is 5.57. The fraction of sp³-hybridized carbons (Fsp3) is 0.556. The summed E-state index contributed by atoms with van der Waals surface area (Å²) in [5, 5.41) is 10.4. The molecule has 1 aromatic carbocycles. The minimum Gasteiger partial charge on any atom is -0.489 e. The van der Waals surface area contributed by atoms with Crippen molar-refractivity contribution in [3.63, 3.8) is 0 Å². The largest absolute Gasteiger partial charge is 0.489 e. The van der Waals surface area contributed by atoms with Gasteiger partial charge in [-0.3, -0.25) is 0 Å². The van der Waals surface area contributed by atoms with E-state index in [4.69, 9.17) is 4.74 Å². The molecule has 0 heterocycles. The number of hydrogen-bond donors (Lipinski definition) is 1. The van der Waals surface area contributed by atoms with Crippen LogP contribution in [0.3, 0.4) is 0 Å². The van der Waals surface area contributed by atoms with Gasteiger partial charge < -0.3 is 14.7 Å². The van der Waals surface area contributed by atoms with E-state index in [1.807, 2.05) is 31.2 Å². The zero-order valence-electron chi connectivity index (χ0n) is 13.6. The Morgan fingerprint density at radius 3 is 2.24 bits per heavy atom. The van der Waals surface area contributed by atoms with Crippen LogP contribution in [0.2, 0.25) is 0 Å². The third-order valence-electron chi connectivity index (χ3n) is 3.26. The highest BCUT2D eigenvalue weighted by Crippen LogP contribution is 2.19. The Balaban J connectivity index is 2.56. The Morgan fingerprint density at radius 2 is 1.76 bits per heavy atom. The van der Waals surface area contributed by atoms with Gasteiger partial charge in [0.2, 0.25) is 0 Å². The van der Waals surface area contributed by atoms with Crippen molar-refractivity contribution in [3.05, 3.63) is 42.0 Å². The van der Waals surface area contributed by atoms with E-state index < -0.39 is 6.10 Å². The summed E-state index contributed by atoms with van der Waals surface area (Å²) in [6.45, 7) is 13.4. The van der Waals surface area contributed by atoms with Crippen LogP contribution in [0.4, 0.5) is 0 Å². The van der Waals surface area contributed by atoms with Crippen LogP contribution in [0.1, 0.15) is 45.3 Å². The lowest BCUT2D eigenvalue weighted by Gasteiger charge is -2.24. The van der Waals surface area contributed by atoms with Gasteiger partial charge in [0.15, 0.2) is 0 Å². The number of hydrogen-bond acceptors (Lipinski definition) is 3. The molecule has 1 aromatic rings. The molecule has 1 rings (SSSR count). The smallest absolute Gasteiger partial charge is 0.119 e. The molecule has 0 spiro atoms. The fourth-order valence-electron chi connectivity index (χ4n) is 2.27. The predicted molar refractivity (Wildman–Crippen MR) is 88.7 cm³/mol. The first-order valence-electron chi connectivity index (χ1n) is 7.84. The maximum Gasteiger partial charge on any atom is 0.119 e. The van der Waals surface area contributed by atoms with Crippen LogP contribution in [0.15, 0.2) is 36.4 Å². The lowest BCUT2D eigenvalue weighted by atomic mass is 10.1. The molecule has 3 heteroatoms. The Morgan fingerprint density at radius 1 is 1.19 bits per heavy atom. The number of rotatable bonds is 10. The third kappa shape index (κ3) is 6.78. The van der Waals surface area contributed by atoms with Gasteiger partial charge in [0.25, 0.3) is 0 Å². The summed E-state index contributed by atoms with van der Waals surface area (Å²) in [5.74, 6) is 0.813. The molecule has 0 saturated carbocycles. The minimum absolute atomic E-state index is 0.446. The van der Waals surface area contributed by atoms with E-state index in [1.165, 1.54) is 0 Å². The van der Waals surface area contributed by atoms with Gasteiger partial charge in [-0.05, 0) is 56.1 Å². The van der Waals surface area contributed by atoms with Crippen LogP contribution in [0.25, 0.3) is 0 Å². The maximum atomic E-state index is 10.4. The van der Waals surface area contributed by atoms with E-state index in [-0.39, 0.29) is 0 Å². The lowest BCUT2D eigenvalue weighted by molar-refractivity contribution is 0.113. The summed E-state index contributed by atoms with van der Waals surface area (Å²) in [6.07, 6.45) is 1.78. The van der Waals surface area contributed by atoms with Crippen LogP contribution in [0.5, 0.6) is 5.75 Å². The molecule has 0 fully saturated rings. The molecule has 1 N–H and O–H groups in total. The van der Waals surface area contributed by atoms with Crippen molar-refractivity contribution in [2.45, 2.75) is 39.7 Å². The Hall–Kier alpha value is -1.32. The quantitative estimate of drug-likeness (QED) is 0.666. The first kappa shape index (κ1) is 17.7. The highest BCUT2D eigenvalue weighted by Gasteiger charge is 2.12. The Labute approximate surface area is 129 Å². The summed E-state index contributed by atoms with van der Waals surface area (Å²) in [4.78, 5) is 2.32. The molecule has 0 aliphatic rings. The van der Waals surface area contributed by atoms with Gasteiger partial charge in [-0.15, -0.1) is 0 Å². The first-order chi connectivity index (χ1) is 10.1. The number of benzene rings is 1. The first-order valence-corrected chi connectivity index (χ1v) is 7.84. The van der Waals surface area contributed by atoms with Crippen LogP contribution >= 0.6 is 0 Å². The fourth-order valence-corrected chi connectivity index (χ4v) is 2.27. The SMILES string of the molecule is C=C(C)COc1ccc(C(O)CN(CCC)CCC)cc1. The topological polar surface area (TPSA) is 32.7 Å². The summed E-state index contributed by atoms with van der Waals surface area (Å²) in [5.41, 5.74) is 1.93. The van der Waals surface area contributed by atoms with Gasteiger partial charge in [-0.1, -0.05) is 32.6 Å². The zero-order valence-corrected chi connectivity index (χ0v) is 13.6. The second-order valence-electron chi connectivity index (χ2n) is 5.63. The maximum absolute atomic E-state index is 10.4. The van der Waals surface area contributed by atoms with Gasteiger partial charge >= 0.3 is 0 Å². The Kier molecular flexibility index (Phi) is 8.09. The molecule has 0 saturated heterocycles. The van der Waals surface area contributed by atoms with Gasteiger partial charge in [0, 0.05) is 6.54 Å². The van der Waals surface area contributed by atoms with Gasteiger partial charge in [0.1, 0.15) is 12.4 Å². The van der Waals surface area contributed by atoms with E-state index >= 15 is 0 Å². The number of nitrogens with zero attached hydrogens (tertiary/aromatic N) is 1. The Bertz CT molecular complexity index is 408. The molecule has 0 aliphatic carbocycles. The van der Waals surface area contributed by atoms with Gasteiger partial charge in [0.05, 0.1) is 6.10 Å².